The molecule has 6 N–H and O–H groups in total. The van der Waals surface area contributed by atoms with Crippen LogP contribution in [0.25, 0.3) is 11.2 Å². The van der Waals surface area contributed by atoms with Gasteiger partial charge in [0.2, 0.25) is 0 Å². The molecule has 0 radical (unpaired) electrons. The van der Waals surface area contributed by atoms with Gasteiger partial charge in [-0.15, -0.1) is 0 Å². The van der Waals surface area contributed by atoms with Crippen molar-refractivity contribution in [2.75, 3.05) is 23.4 Å². The number of carbonyl (C=O) groups is 1. The molecule has 166 valence electrons. The summed E-state index contributed by atoms with van der Waals surface area (Å²) in [7, 11) is 0. The lowest BCUT2D eigenvalue weighted by Gasteiger charge is -2.16. The van der Waals surface area contributed by atoms with Crippen LogP contribution in [0.15, 0.2) is 12.7 Å². The summed E-state index contributed by atoms with van der Waals surface area (Å²) in [5.41, 5.74) is 6.54. The van der Waals surface area contributed by atoms with E-state index in [-0.39, 0.29) is 0 Å². The maximum Gasteiger partial charge on any atom is 0.320 e. The van der Waals surface area contributed by atoms with E-state index >= 15 is 0 Å². The van der Waals surface area contributed by atoms with Crippen LogP contribution in [-0.4, -0.2) is 83.2 Å². The SMILES string of the molecule is CC(C)CNc1ncnc2c1ncn2[C@@H]1O[C@H](CSCC[C@H](N)C(=O)O)[C@@H](O)[C@H]1O. The Kier molecular flexibility index (Phi) is 7.47. The van der Waals surface area contributed by atoms with Gasteiger partial charge in [0.15, 0.2) is 23.2 Å². The number of aliphatic hydroxyl groups excluding tert-OH is 2. The monoisotopic (exact) mass is 440 g/mol. The lowest BCUT2D eigenvalue weighted by Crippen LogP contribution is -2.33. The average molecular weight is 441 g/mol. The Morgan fingerprint density at radius 2 is 2.10 bits per heavy atom. The normalized spacial score (nSPS) is 25.1. The van der Waals surface area contributed by atoms with E-state index < -0.39 is 36.6 Å². The minimum absolute atomic E-state index is 0.310. The molecule has 1 aliphatic rings. The molecular weight excluding hydrogens is 412 g/mol. The van der Waals surface area contributed by atoms with Crippen molar-refractivity contribution in [2.24, 2.45) is 11.7 Å². The summed E-state index contributed by atoms with van der Waals surface area (Å²) in [5.74, 6) is 0.883. The van der Waals surface area contributed by atoms with Gasteiger partial charge < -0.3 is 31.1 Å². The summed E-state index contributed by atoms with van der Waals surface area (Å²) in [4.78, 5) is 23.6. The van der Waals surface area contributed by atoms with E-state index in [1.165, 1.54) is 24.4 Å². The first-order chi connectivity index (χ1) is 14.3. The predicted octanol–water partition coefficient (Wildman–Crippen LogP) is 0.0486. The third-order valence-corrected chi connectivity index (χ3v) is 5.91. The van der Waals surface area contributed by atoms with Crippen molar-refractivity contribution in [3.63, 3.8) is 0 Å². The molecule has 30 heavy (non-hydrogen) atoms. The van der Waals surface area contributed by atoms with Gasteiger partial charge in [-0.3, -0.25) is 9.36 Å². The van der Waals surface area contributed by atoms with E-state index in [0.29, 0.717) is 40.8 Å². The number of carboxylic acid groups (broad SMARTS) is 1. The molecule has 12 heteroatoms. The van der Waals surface area contributed by atoms with Crippen LogP contribution in [0.2, 0.25) is 0 Å². The Morgan fingerprint density at radius 1 is 1.33 bits per heavy atom. The molecule has 1 fully saturated rings. The number of thioether (sulfide) groups is 1. The summed E-state index contributed by atoms with van der Waals surface area (Å²) in [5, 5.41) is 33.0. The molecule has 0 unspecified atom stereocenters. The van der Waals surface area contributed by atoms with Crippen molar-refractivity contribution in [3.05, 3.63) is 12.7 Å². The molecule has 2 aromatic rings. The highest BCUT2D eigenvalue weighted by Crippen LogP contribution is 2.33. The summed E-state index contributed by atoms with van der Waals surface area (Å²) in [6.07, 6.45) is -0.463. The first-order valence-electron chi connectivity index (χ1n) is 9.78. The quantitative estimate of drug-likeness (QED) is 0.316. The molecular formula is C18H28N6O5S. The number of hydrogen-bond donors (Lipinski definition) is 5. The van der Waals surface area contributed by atoms with Gasteiger partial charge in [0, 0.05) is 12.3 Å². The van der Waals surface area contributed by atoms with Crippen LogP contribution in [0.3, 0.4) is 0 Å². The summed E-state index contributed by atoms with van der Waals surface area (Å²) in [6.45, 7) is 4.90. The third kappa shape index (κ3) is 5.01. The fraction of sp³-hybridized carbons (Fsp3) is 0.667. The molecule has 0 spiro atoms. The number of nitrogens with zero attached hydrogens (tertiary/aromatic N) is 4. The van der Waals surface area contributed by atoms with E-state index in [0.717, 1.165) is 6.54 Å². The number of rotatable bonds is 10. The number of carboxylic acids is 1. The van der Waals surface area contributed by atoms with Crippen LogP contribution in [0.4, 0.5) is 5.82 Å². The van der Waals surface area contributed by atoms with Crippen molar-refractivity contribution in [1.29, 1.82) is 0 Å². The lowest BCUT2D eigenvalue weighted by atomic mass is 10.1. The summed E-state index contributed by atoms with van der Waals surface area (Å²) >= 11 is 1.42. The van der Waals surface area contributed by atoms with Gasteiger partial charge in [0.25, 0.3) is 0 Å². The Labute approximate surface area is 178 Å². The Morgan fingerprint density at radius 3 is 2.80 bits per heavy atom. The first-order valence-corrected chi connectivity index (χ1v) is 10.9. The Hall–Kier alpha value is -1.99. The number of hydrogen-bond acceptors (Lipinski definition) is 10. The molecule has 2 aromatic heterocycles. The molecule has 0 amide bonds. The molecule has 0 aliphatic carbocycles. The van der Waals surface area contributed by atoms with Crippen molar-refractivity contribution in [3.8, 4) is 0 Å². The molecule has 11 nitrogen and oxygen atoms in total. The molecule has 3 rings (SSSR count). The van der Waals surface area contributed by atoms with Crippen molar-refractivity contribution >= 4 is 34.7 Å². The minimum Gasteiger partial charge on any atom is -0.480 e. The van der Waals surface area contributed by atoms with Crippen LogP contribution < -0.4 is 11.1 Å². The zero-order valence-corrected chi connectivity index (χ0v) is 17.7. The molecule has 5 atom stereocenters. The van der Waals surface area contributed by atoms with Crippen molar-refractivity contribution in [1.82, 2.24) is 19.5 Å². The third-order valence-electron chi connectivity index (χ3n) is 4.82. The second-order valence-electron chi connectivity index (χ2n) is 7.68. The number of nitrogens with two attached hydrogens (primary N) is 1. The van der Waals surface area contributed by atoms with Gasteiger partial charge in [-0.2, -0.15) is 11.8 Å². The maximum absolute atomic E-state index is 10.8. The number of anilines is 1. The largest absolute Gasteiger partial charge is 0.480 e. The molecule has 3 heterocycles. The number of aromatic nitrogens is 4. The van der Waals surface area contributed by atoms with Crippen LogP contribution in [-0.2, 0) is 9.53 Å². The molecule has 0 aromatic carbocycles. The molecule has 0 saturated carbocycles. The maximum atomic E-state index is 10.8. The average Bonchev–Trinajstić information content (AvgIpc) is 3.25. The second kappa shape index (κ2) is 9.88. The number of fused-ring (bicyclic) bond motifs is 1. The molecule has 0 bridgehead atoms. The van der Waals surface area contributed by atoms with E-state index in [4.69, 9.17) is 15.6 Å². The highest BCUT2D eigenvalue weighted by atomic mass is 32.2. The van der Waals surface area contributed by atoms with Gasteiger partial charge >= 0.3 is 5.97 Å². The Bertz CT molecular complexity index is 865. The van der Waals surface area contributed by atoms with Crippen LogP contribution in [0.5, 0.6) is 0 Å². The lowest BCUT2D eigenvalue weighted by molar-refractivity contribution is -0.138. The van der Waals surface area contributed by atoms with Gasteiger partial charge in [0.1, 0.15) is 24.6 Å². The predicted molar refractivity (Wildman–Crippen MR) is 112 cm³/mol. The minimum atomic E-state index is -1.16. The van der Waals surface area contributed by atoms with Crippen LogP contribution in [0.1, 0.15) is 26.5 Å². The number of imidazole rings is 1. The summed E-state index contributed by atoms with van der Waals surface area (Å²) in [6, 6.07) is -0.916. The van der Waals surface area contributed by atoms with E-state index in [2.05, 4.69) is 34.1 Å². The van der Waals surface area contributed by atoms with Crippen LogP contribution >= 0.6 is 11.8 Å². The fourth-order valence-corrected chi connectivity index (χ4v) is 4.19. The van der Waals surface area contributed by atoms with Crippen LogP contribution in [0, 0.1) is 5.92 Å². The number of aliphatic carboxylic acids is 1. The van der Waals surface area contributed by atoms with E-state index in [1.54, 1.807) is 4.57 Å². The van der Waals surface area contributed by atoms with Gasteiger partial charge in [-0.05, 0) is 18.1 Å². The van der Waals surface area contributed by atoms with Gasteiger partial charge in [-0.25, -0.2) is 15.0 Å². The van der Waals surface area contributed by atoms with Crippen molar-refractivity contribution < 1.29 is 24.9 Å². The zero-order chi connectivity index (χ0) is 21.8. The van der Waals surface area contributed by atoms with Crippen molar-refractivity contribution in [2.45, 2.75) is 50.8 Å². The summed E-state index contributed by atoms with van der Waals surface area (Å²) < 4.78 is 7.50. The van der Waals surface area contributed by atoms with Gasteiger partial charge in [-0.1, -0.05) is 13.8 Å². The molecule has 1 saturated heterocycles. The van der Waals surface area contributed by atoms with E-state index in [9.17, 15) is 15.0 Å². The smallest absolute Gasteiger partial charge is 0.320 e. The first kappa shape index (κ1) is 22.7. The zero-order valence-electron chi connectivity index (χ0n) is 16.9. The number of aliphatic hydroxyl groups is 2. The highest BCUT2D eigenvalue weighted by Gasteiger charge is 2.44. The second-order valence-corrected chi connectivity index (χ2v) is 8.83. The highest BCUT2D eigenvalue weighted by molar-refractivity contribution is 7.99. The van der Waals surface area contributed by atoms with Gasteiger partial charge in [0.05, 0.1) is 12.4 Å². The topological polar surface area (TPSA) is 169 Å². The fourth-order valence-electron chi connectivity index (χ4n) is 3.10. The van der Waals surface area contributed by atoms with E-state index in [1.807, 2.05) is 0 Å². The number of nitrogens with one attached hydrogen (secondary N) is 1. The number of ether oxygens (including phenoxy) is 1. The Balaban J connectivity index is 1.67. The molecule has 1 aliphatic heterocycles. The standard InChI is InChI=1S/C18H28N6O5S/c1-9(2)5-20-15-12-16(22-7-21-15)24(8-23-12)17-14(26)13(25)11(29-17)6-30-4-3-10(19)18(27)28/h7-11,13-14,17,25-26H,3-6,19H2,1-2H3,(H,27,28)(H,20,21,22)/t10-,11+,13+,14+,17+/m0/s1.